The molecule has 0 N–H and O–H groups in total. The van der Waals surface area contributed by atoms with Crippen molar-refractivity contribution in [1.82, 2.24) is 0 Å². The third-order valence-electron chi connectivity index (χ3n) is 5.68. The van der Waals surface area contributed by atoms with Gasteiger partial charge in [-0.1, -0.05) is 84.4 Å². The highest BCUT2D eigenvalue weighted by molar-refractivity contribution is 6.21. The second kappa shape index (κ2) is 5.96. The summed E-state index contributed by atoms with van der Waals surface area (Å²) < 4.78 is 0. The second-order valence-electron chi connectivity index (χ2n) is 7.60. The fourth-order valence-corrected chi connectivity index (χ4v) is 4.77. The SMILES string of the molecule is Cc1cc(C)c(C2=C(c3ccccc3)c3cccc4cccc2c34)c(C)c1. The molecular weight excluding hydrogens is 324 g/mol. The summed E-state index contributed by atoms with van der Waals surface area (Å²) in [6.07, 6.45) is 0. The van der Waals surface area contributed by atoms with Crippen LogP contribution >= 0.6 is 0 Å². The number of benzene rings is 4. The van der Waals surface area contributed by atoms with E-state index < -0.39 is 0 Å². The molecule has 0 bridgehead atoms. The summed E-state index contributed by atoms with van der Waals surface area (Å²) in [4.78, 5) is 0. The van der Waals surface area contributed by atoms with Crippen LogP contribution in [0.25, 0.3) is 21.9 Å². The van der Waals surface area contributed by atoms with E-state index in [0.717, 1.165) is 0 Å². The lowest BCUT2D eigenvalue weighted by Gasteiger charge is -2.17. The van der Waals surface area contributed by atoms with Gasteiger partial charge in [0.25, 0.3) is 0 Å². The first-order valence-electron chi connectivity index (χ1n) is 9.55. The Kier molecular flexibility index (Phi) is 3.55. The first-order chi connectivity index (χ1) is 13.1. The van der Waals surface area contributed by atoms with Gasteiger partial charge in [0.05, 0.1) is 0 Å². The molecule has 0 heteroatoms. The predicted octanol–water partition coefficient (Wildman–Crippen LogP) is 7.09. The van der Waals surface area contributed by atoms with E-state index in [9.17, 15) is 0 Å². The summed E-state index contributed by atoms with van der Waals surface area (Å²) in [5.74, 6) is 0. The summed E-state index contributed by atoms with van der Waals surface area (Å²) >= 11 is 0. The average Bonchev–Trinajstić information content (AvgIpc) is 2.98. The molecule has 130 valence electrons. The first-order valence-corrected chi connectivity index (χ1v) is 9.55. The number of aryl methyl sites for hydroxylation is 3. The van der Waals surface area contributed by atoms with Crippen molar-refractivity contribution in [3.05, 3.63) is 118 Å². The van der Waals surface area contributed by atoms with Crippen molar-refractivity contribution in [2.45, 2.75) is 20.8 Å². The second-order valence-corrected chi connectivity index (χ2v) is 7.60. The quantitative estimate of drug-likeness (QED) is 0.320. The maximum Gasteiger partial charge on any atom is -0.00148 e. The van der Waals surface area contributed by atoms with Crippen molar-refractivity contribution in [2.75, 3.05) is 0 Å². The zero-order chi connectivity index (χ0) is 18.5. The zero-order valence-electron chi connectivity index (χ0n) is 16.0. The molecular formula is C27H22. The number of hydrogen-bond acceptors (Lipinski definition) is 0. The number of rotatable bonds is 2. The molecule has 1 aliphatic carbocycles. The highest BCUT2D eigenvalue weighted by Crippen LogP contribution is 2.49. The average molecular weight is 346 g/mol. The van der Waals surface area contributed by atoms with Gasteiger partial charge in [-0.15, -0.1) is 0 Å². The van der Waals surface area contributed by atoms with Gasteiger partial charge in [-0.05, 0) is 76.1 Å². The Bertz CT molecular complexity index is 1200. The number of hydrogen-bond donors (Lipinski definition) is 0. The molecule has 0 saturated carbocycles. The lowest BCUT2D eigenvalue weighted by atomic mass is 9.87. The Morgan fingerprint density at radius 2 is 1.15 bits per heavy atom. The van der Waals surface area contributed by atoms with Crippen LogP contribution in [0.5, 0.6) is 0 Å². The molecule has 0 heterocycles. The van der Waals surface area contributed by atoms with Gasteiger partial charge in [0, 0.05) is 0 Å². The molecule has 1 aliphatic rings. The van der Waals surface area contributed by atoms with E-state index in [1.165, 1.54) is 60.9 Å². The summed E-state index contributed by atoms with van der Waals surface area (Å²) in [5.41, 5.74) is 12.1. The van der Waals surface area contributed by atoms with Crippen LogP contribution in [0.3, 0.4) is 0 Å². The van der Waals surface area contributed by atoms with Gasteiger partial charge in [-0.2, -0.15) is 0 Å². The van der Waals surface area contributed by atoms with Crippen molar-refractivity contribution in [2.24, 2.45) is 0 Å². The predicted molar refractivity (Wildman–Crippen MR) is 116 cm³/mol. The minimum absolute atomic E-state index is 1.29. The molecule has 0 saturated heterocycles. The summed E-state index contributed by atoms with van der Waals surface area (Å²) in [5, 5.41) is 2.70. The fourth-order valence-electron chi connectivity index (χ4n) is 4.77. The van der Waals surface area contributed by atoms with Gasteiger partial charge in [-0.3, -0.25) is 0 Å². The molecule has 0 spiro atoms. The molecule has 0 amide bonds. The van der Waals surface area contributed by atoms with E-state index in [1.807, 2.05) is 0 Å². The van der Waals surface area contributed by atoms with Crippen LogP contribution in [-0.4, -0.2) is 0 Å². The van der Waals surface area contributed by atoms with Crippen LogP contribution in [-0.2, 0) is 0 Å². The Labute approximate surface area is 160 Å². The minimum Gasteiger partial charge on any atom is -0.0622 e. The van der Waals surface area contributed by atoms with Crippen LogP contribution in [0.1, 0.15) is 38.9 Å². The summed E-state index contributed by atoms with van der Waals surface area (Å²) in [6, 6.07) is 28.8. The van der Waals surface area contributed by atoms with Gasteiger partial charge >= 0.3 is 0 Å². The Hall–Kier alpha value is -3.12. The van der Waals surface area contributed by atoms with Crippen molar-refractivity contribution in [3.8, 4) is 0 Å². The smallest absolute Gasteiger partial charge is 0.00148 e. The minimum atomic E-state index is 1.29. The van der Waals surface area contributed by atoms with Crippen LogP contribution in [0, 0.1) is 20.8 Å². The largest absolute Gasteiger partial charge is 0.0622 e. The molecule has 27 heavy (non-hydrogen) atoms. The Morgan fingerprint density at radius 1 is 0.556 bits per heavy atom. The standard InChI is InChI=1S/C27H22/c1-17-15-18(2)24(19(3)16-17)27-23-14-8-12-20-11-7-13-22(25(20)23)26(27)21-9-5-4-6-10-21/h4-16H,1-3H3. The van der Waals surface area contributed by atoms with Gasteiger partial charge < -0.3 is 0 Å². The topological polar surface area (TPSA) is 0 Å². The first kappa shape index (κ1) is 16.1. The van der Waals surface area contributed by atoms with E-state index in [1.54, 1.807) is 0 Å². The normalized spacial score (nSPS) is 12.9. The summed E-state index contributed by atoms with van der Waals surface area (Å²) in [6.45, 7) is 6.67. The summed E-state index contributed by atoms with van der Waals surface area (Å²) in [7, 11) is 0. The third-order valence-corrected chi connectivity index (χ3v) is 5.68. The molecule has 4 aromatic rings. The lowest BCUT2D eigenvalue weighted by Crippen LogP contribution is -1.97. The van der Waals surface area contributed by atoms with Crippen LogP contribution in [0.4, 0.5) is 0 Å². The maximum absolute atomic E-state index is 2.31. The molecule has 0 atom stereocenters. The van der Waals surface area contributed by atoms with E-state index in [0.29, 0.717) is 0 Å². The molecule has 4 aromatic carbocycles. The van der Waals surface area contributed by atoms with Crippen molar-refractivity contribution < 1.29 is 0 Å². The Balaban J connectivity index is 1.96. The lowest BCUT2D eigenvalue weighted by molar-refractivity contribution is 1.29. The zero-order valence-corrected chi connectivity index (χ0v) is 16.0. The molecule has 0 aromatic heterocycles. The van der Waals surface area contributed by atoms with Gasteiger partial charge in [0.1, 0.15) is 0 Å². The molecule has 0 fully saturated rings. The molecule has 0 radical (unpaired) electrons. The van der Waals surface area contributed by atoms with Crippen LogP contribution in [0.2, 0.25) is 0 Å². The Morgan fingerprint density at radius 3 is 1.78 bits per heavy atom. The maximum atomic E-state index is 2.31. The van der Waals surface area contributed by atoms with Crippen molar-refractivity contribution in [1.29, 1.82) is 0 Å². The monoisotopic (exact) mass is 346 g/mol. The van der Waals surface area contributed by atoms with E-state index in [-0.39, 0.29) is 0 Å². The highest BCUT2D eigenvalue weighted by Gasteiger charge is 2.27. The molecule has 5 rings (SSSR count). The van der Waals surface area contributed by atoms with E-state index in [4.69, 9.17) is 0 Å². The van der Waals surface area contributed by atoms with Gasteiger partial charge in [0.2, 0.25) is 0 Å². The molecule has 0 aliphatic heterocycles. The molecule has 0 unspecified atom stereocenters. The van der Waals surface area contributed by atoms with Crippen molar-refractivity contribution in [3.63, 3.8) is 0 Å². The van der Waals surface area contributed by atoms with E-state index >= 15 is 0 Å². The third kappa shape index (κ3) is 2.37. The highest BCUT2D eigenvalue weighted by atomic mass is 14.3. The van der Waals surface area contributed by atoms with Crippen LogP contribution < -0.4 is 0 Å². The molecule has 0 nitrogen and oxygen atoms in total. The van der Waals surface area contributed by atoms with Gasteiger partial charge in [-0.25, -0.2) is 0 Å². The van der Waals surface area contributed by atoms with E-state index in [2.05, 4.69) is 99.6 Å². The van der Waals surface area contributed by atoms with Crippen LogP contribution in [0.15, 0.2) is 78.9 Å². The van der Waals surface area contributed by atoms with Crippen molar-refractivity contribution >= 4 is 21.9 Å². The fraction of sp³-hybridized carbons (Fsp3) is 0.111. The van der Waals surface area contributed by atoms with Gasteiger partial charge in [0.15, 0.2) is 0 Å².